The highest BCUT2D eigenvalue weighted by Gasteiger charge is 2.30. The van der Waals surface area contributed by atoms with Crippen molar-refractivity contribution in [1.82, 2.24) is 5.32 Å². The first kappa shape index (κ1) is 24.1. The van der Waals surface area contributed by atoms with E-state index >= 15 is 0 Å². The summed E-state index contributed by atoms with van der Waals surface area (Å²) in [5.41, 5.74) is 0.115. The van der Waals surface area contributed by atoms with Gasteiger partial charge >= 0.3 is 5.97 Å². The lowest BCUT2D eigenvalue weighted by molar-refractivity contribution is -0.384. The Labute approximate surface area is 170 Å². The van der Waals surface area contributed by atoms with E-state index < -0.39 is 47.0 Å². The van der Waals surface area contributed by atoms with Crippen molar-refractivity contribution in [2.24, 2.45) is 0 Å². The molecule has 0 saturated heterocycles. The number of halogens is 2. The van der Waals surface area contributed by atoms with Gasteiger partial charge in [-0.15, -0.1) is 0 Å². The molecule has 0 aliphatic rings. The second kappa shape index (κ2) is 12.5. The summed E-state index contributed by atoms with van der Waals surface area (Å²) in [6, 6.07) is 3.97. The average Bonchev–Trinajstić information content (AvgIpc) is 2.67. The van der Waals surface area contributed by atoms with Gasteiger partial charge in [-0.05, 0) is 24.6 Å². The molecule has 0 aromatic heterocycles. The number of carbonyl (C=O) groups excluding carboxylic acids is 2. The number of nitro benzene ring substituents is 1. The molecular weight excluding hydrogens is 419 g/mol. The molecule has 1 aromatic carbocycles. The van der Waals surface area contributed by atoms with Crippen LogP contribution in [-0.4, -0.2) is 59.4 Å². The summed E-state index contributed by atoms with van der Waals surface area (Å²) in [5.74, 6) is -1.61. The molecule has 156 valence electrons. The van der Waals surface area contributed by atoms with Crippen molar-refractivity contribution >= 4 is 40.8 Å². The zero-order chi connectivity index (χ0) is 21.1. The van der Waals surface area contributed by atoms with Crippen molar-refractivity contribution in [3.05, 3.63) is 39.9 Å². The van der Waals surface area contributed by atoms with E-state index in [1.807, 2.05) is 0 Å². The number of hydrogen-bond acceptors (Lipinski definition) is 8. The number of aliphatic hydroxyl groups is 1. The van der Waals surface area contributed by atoms with Crippen LogP contribution in [0.5, 0.6) is 0 Å². The van der Waals surface area contributed by atoms with E-state index in [-0.39, 0.29) is 12.5 Å². The number of esters is 1. The van der Waals surface area contributed by atoms with Gasteiger partial charge in [0.2, 0.25) is 0 Å². The van der Waals surface area contributed by atoms with E-state index in [9.17, 15) is 24.8 Å². The smallest absolute Gasteiger partial charge is 0.332 e. The number of nitro groups is 1. The van der Waals surface area contributed by atoms with Crippen molar-refractivity contribution in [3.63, 3.8) is 0 Å². The molecule has 0 aliphatic heterocycles. The first-order chi connectivity index (χ1) is 13.3. The number of benzene rings is 1. The van der Waals surface area contributed by atoms with Crippen LogP contribution in [0.1, 0.15) is 18.6 Å². The third kappa shape index (κ3) is 7.95. The topological polar surface area (TPSA) is 137 Å². The third-order valence-corrected chi connectivity index (χ3v) is 3.77. The van der Waals surface area contributed by atoms with Gasteiger partial charge in [0, 0.05) is 18.7 Å². The Hall–Kier alpha value is -1.98. The van der Waals surface area contributed by atoms with Crippen LogP contribution < -0.4 is 5.32 Å². The van der Waals surface area contributed by atoms with Crippen LogP contribution in [0.4, 0.5) is 5.69 Å². The van der Waals surface area contributed by atoms with Crippen LogP contribution in [0.3, 0.4) is 0 Å². The number of ether oxygens (including phenoxy) is 3. The number of carbonyl (C=O) groups is 2. The summed E-state index contributed by atoms with van der Waals surface area (Å²) >= 11 is 11.0. The van der Waals surface area contributed by atoms with Crippen LogP contribution in [0.15, 0.2) is 24.3 Å². The van der Waals surface area contributed by atoms with E-state index in [0.29, 0.717) is 12.2 Å². The average molecular weight is 439 g/mol. The Morgan fingerprint density at radius 2 is 1.89 bits per heavy atom. The van der Waals surface area contributed by atoms with Crippen LogP contribution in [0.25, 0.3) is 0 Å². The van der Waals surface area contributed by atoms with Crippen LogP contribution in [0, 0.1) is 10.1 Å². The maximum Gasteiger partial charge on any atom is 0.332 e. The van der Waals surface area contributed by atoms with Gasteiger partial charge in [-0.25, -0.2) is 4.79 Å². The van der Waals surface area contributed by atoms with Gasteiger partial charge in [0.25, 0.3) is 11.6 Å². The van der Waals surface area contributed by atoms with Crippen LogP contribution in [0.2, 0.25) is 0 Å². The molecule has 1 aromatic rings. The fraction of sp³-hybridized carbons (Fsp3) is 0.500. The quantitative estimate of drug-likeness (QED) is 0.125. The van der Waals surface area contributed by atoms with Crippen molar-refractivity contribution in [1.29, 1.82) is 0 Å². The van der Waals surface area contributed by atoms with Gasteiger partial charge in [-0.3, -0.25) is 14.9 Å². The number of nitrogens with one attached hydrogen (secondary N) is 1. The molecule has 2 atom stereocenters. The molecule has 0 unspecified atom stereocenters. The van der Waals surface area contributed by atoms with Crippen molar-refractivity contribution in [3.8, 4) is 0 Å². The highest BCUT2D eigenvalue weighted by atomic mass is 35.5. The largest absolute Gasteiger partial charge is 0.453 e. The molecule has 0 aliphatic carbocycles. The van der Waals surface area contributed by atoms with Crippen molar-refractivity contribution in [2.75, 3.05) is 26.6 Å². The molecule has 0 saturated carbocycles. The summed E-state index contributed by atoms with van der Waals surface area (Å²) in [6.07, 6.45) is -1.18. The highest BCUT2D eigenvalue weighted by molar-refractivity contribution is 6.53. The lowest BCUT2D eigenvalue weighted by atomic mass is 10.0. The van der Waals surface area contributed by atoms with Crippen molar-refractivity contribution in [2.45, 2.75) is 23.9 Å². The van der Waals surface area contributed by atoms with E-state index in [4.69, 9.17) is 37.4 Å². The maximum atomic E-state index is 12.0. The fourth-order valence-electron chi connectivity index (χ4n) is 2.07. The summed E-state index contributed by atoms with van der Waals surface area (Å²) in [5, 5.41) is 22.8. The molecular formula is C16H20Cl2N2O8. The Balaban J connectivity index is 2.99. The predicted octanol–water partition coefficient (Wildman–Crippen LogP) is 1.47. The minimum absolute atomic E-state index is 0.117. The third-order valence-electron chi connectivity index (χ3n) is 3.37. The number of non-ortho nitro benzene ring substituents is 1. The van der Waals surface area contributed by atoms with E-state index in [0.717, 1.165) is 0 Å². The molecule has 0 bridgehead atoms. The second-order valence-electron chi connectivity index (χ2n) is 5.32. The summed E-state index contributed by atoms with van der Waals surface area (Å²) in [6.45, 7) is 0.970. The van der Waals surface area contributed by atoms with Gasteiger partial charge in [0.1, 0.15) is 19.5 Å². The molecule has 2 N–H and O–H groups in total. The molecule has 12 heteroatoms. The number of aliphatic hydroxyl groups excluding tert-OH is 1. The molecule has 1 rings (SSSR count). The van der Waals surface area contributed by atoms with Gasteiger partial charge in [0.05, 0.1) is 17.6 Å². The molecule has 0 fully saturated rings. The number of nitrogens with zero attached hydrogens (tertiary/aromatic N) is 1. The predicted molar refractivity (Wildman–Crippen MR) is 98.9 cm³/mol. The molecule has 1 amide bonds. The number of alkyl halides is 2. The van der Waals surface area contributed by atoms with Crippen LogP contribution >= 0.6 is 23.2 Å². The lowest BCUT2D eigenvalue weighted by Gasteiger charge is -2.27. The standard InChI is InChI=1S/C16H20Cl2N2O8/c1-2-26-9-27-8-13(22)28-14(12(7-21)19-16(23)15(17)18)10-3-5-11(6-4-10)20(24)25/h3-6,12,14-15,21H,2,7-9H2,1H3,(H,19,23)/t12-,14-/m1/s1. The minimum atomic E-state index is -1.41. The van der Waals surface area contributed by atoms with Gasteiger partial charge in [-0.2, -0.15) is 0 Å². The zero-order valence-corrected chi connectivity index (χ0v) is 16.4. The summed E-state index contributed by atoms with van der Waals surface area (Å²) in [4.78, 5) is 32.6. The SMILES string of the molecule is CCOCOCC(=O)O[C@H](c1ccc([N+](=O)[O-])cc1)[C@@H](CO)NC(=O)C(Cl)Cl. The van der Waals surface area contributed by atoms with Gasteiger partial charge < -0.3 is 24.6 Å². The second-order valence-corrected chi connectivity index (χ2v) is 6.41. The normalized spacial score (nSPS) is 13.0. The Kier molecular flexibility index (Phi) is 10.7. The van der Waals surface area contributed by atoms with Gasteiger partial charge in [0.15, 0.2) is 4.84 Å². The first-order valence-corrected chi connectivity index (χ1v) is 8.96. The number of rotatable bonds is 12. The minimum Gasteiger partial charge on any atom is -0.453 e. The zero-order valence-electron chi connectivity index (χ0n) is 14.9. The number of amides is 1. The molecule has 0 radical (unpaired) electrons. The molecule has 0 spiro atoms. The van der Waals surface area contributed by atoms with E-state index in [1.54, 1.807) is 6.92 Å². The number of hydrogen-bond donors (Lipinski definition) is 2. The Morgan fingerprint density at radius 1 is 1.25 bits per heavy atom. The van der Waals surface area contributed by atoms with Crippen LogP contribution in [-0.2, 0) is 23.8 Å². The lowest BCUT2D eigenvalue weighted by Crippen LogP contribution is -2.45. The van der Waals surface area contributed by atoms with E-state index in [2.05, 4.69) is 5.32 Å². The molecule has 10 nitrogen and oxygen atoms in total. The highest BCUT2D eigenvalue weighted by Crippen LogP contribution is 2.25. The fourth-order valence-corrected chi connectivity index (χ4v) is 2.20. The molecule has 28 heavy (non-hydrogen) atoms. The maximum absolute atomic E-state index is 12.0. The Bertz CT molecular complexity index is 657. The molecule has 0 heterocycles. The summed E-state index contributed by atoms with van der Waals surface area (Å²) < 4.78 is 15.2. The summed E-state index contributed by atoms with van der Waals surface area (Å²) in [7, 11) is 0. The van der Waals surface area contributed by atoms with Crippen molar-refractivity contribution < 1.29 is 33.8 Å². The monoisotopic (exact) mass is 438 g/mol. The van der Waals surface area contributed by atoms with E-state index in [1.165, 1.54) is 24.3 Å². The Morgan fingerprint density at radius 3 is 2.39 bits per heavy atom. The van der Waals surface area contributed by atoms with Gasteiger partial charge in [-0.1, -0.05) is 23.2 Å². The first-order valence-electron chi connectivity index (χ1n) is 8.08.